The van der Waals surface area contributed by atoms with E-state index in [1.807, 2.05) is 30.3 Å². The number of aromatic nitrogens is 8. The van der Waals surface area contributed by atoms with Crippen molar-refractivity contribution in [2.75, 3.05) is 0 Å². The van der Waals surface area contributed by atoms with Crippen LogP contribution in [0.1, 0.15) is 18.3 Å². The zero-order valence-corrected chi connectivity index (χ0v) is 16.3. The molecule has 0 aliphatic carbocycles. The minimum Gasteiger partial charge on any atom is -0.319 e. The largest absolute Gasteiger partial charge is 0.325 e. The van der Waals surface area contributed by atoms with Crippen molar-refractivity contribution in [1.82, 2.24) is 50.6 Å². The molecule has 1 aliphatic rings. The Hall–Kier alpha value is -4.48. The number of urea groups is 1. The van der Waals surface area contributed by atoms with Gasteiger partial charge in [-0.3, -0.25) is 9.69 Å². The molecule has 3 amide bonds. The monoisotopic (exact) mass is 416 g/mol. The molecule has 12 nitrogen and oxygen atoms in total. The summed E-state index contributed by atoms with van der Waals surface area (Å²) in [6, 6.07) is 15.8. The summed E-state index contributed by atoms with van der Waals surface area (Å²) in [7, 11) is 0. The van der Waals surface area contributed by atoms with Gasteiger partial charge in [0.05, 0.1) is 17.9 Å². The normalized spacial score (nSPS) is 18.4. The number of tetrazole rings is 2. The van der Waals surface area contributed by atoms with E-state index in [0.717, 1.165) is 10.6 Å². The van der Waals surface area contributed by atoms with E-state index < -0.39 is 17.5 Å². The molecule has 0 saturated carbocycles. The van der Waals surface area contributed by atoms with Crippen LogP contribution in [0.25, 0.3) is 11.4 Å². The predicted octanol–water partition coefficient (Wildman–Crippen LogP) is 0.605. The predicted molar refractivity (Wildman–Crippen MR) is 105 cm³/mol. The Labute approximate surface area is 175 Å². The third kappa shape index (κ3) is 3.10. The van der Waals surface area contributed by atoms with E-state index in [1.165, 1.54) is 15.7 Å². The van der Waals surface area contributed by atoms with E-state index in [-0.39, 0.29) is 6.54 Å². The molecule has 12 heteroatoms. The van der Waals surface area contributed by atoms with Gasteiger partial charge in [0.25, 0.3) is 5.91 Å². The first-order valence-electron chi connectivity index (χ1n) is 9.37. The highest BCUT2D eigenvalue weighted by Gasteiger charge is 2.49. The molecule has 5 rings (SSSR count). The second-order valence-corrected chi connectivity index (χ2v) is 7.09. The lowest BCUT2D eigenvalue weighted by Gasteiger charge is -2.22. The van der Waals surface area contributed by atoms with Crippen LogP contribution in [0.4, 0.5) is 4.79 Å². The number of nitrogens with zero attached hydrogens (tertiary/aromatic N) is 9. The fourth-order valence-corrected chi connectivity index (χ4v) is 3.49. The summed E-state index contributed by atoms with van der Waals surface area (Å²) in [5.74, 6) is -0.0460. The number of imide groups is 1. The third-order valence-electron chi connectivity index (χ3n) is 5.15. The minimum absolute atomic E-state index is 0.0746. The second-order valence-electron chi connectivity index (χ2n) is 7.09. The molecule has 2 aromatic heterocycles. The molecule has 1 aliphatic heterocycles. The van der Waals surface area contributed by atoms with E-state index in [9.17, 15) is 9.59 Å². The molecule has 4 aromatic rings. The van der Waals surface area contributed by atoms with Crippen molar-refractivity contribution in [3.05, 3.63) is 72.3 Å². The Morgan fingerprint density at radius 2 is 1.77 bits per heavy atom. The summed E-state index contributed by atoms with van der Waals surface area (Å²) in [5.41, 5.74) is 0.735. The summed E-state index contributed by atoms with van der Waals surface area (Å²) in [5, 5.41) is 25.6. The first-order valence-corrected chi connectivity index (χ1v) is 9.37. The van der Waals surface area contributed by atoms with Gasteiger partial charge in [-0.15, -0.1) is 10.2 Å². The maximum atomic E-state index is 13.3. The summed E-state index contributed by atoms with van der Waals surface area (Å²) in [6.45, 7) is 1.58. The molecule has 1 N–H and O–H groups in total. The fourth-order valence-electron chi connectivity index (χ4n) is 3.49. The van der Waals surface area contributed by atoms with E-state index in [2.05, 4.69) is 36.4 Å². The standard InChI is InChI=1S/C19H16N10O2/c1-19(13-6-5-9-15(10-13)28-12-20-23-25-28)17(30)27(18(31)21-19)11-16-22-24-26-29(16)14-7-3-2-4-8-14/h2-10,12H,11H2,1H3,(H,21,31)/t19-/m1/s1. The van der Waals surface area contributed by atoms with Crippen molar-refractivity contribution >= 4 is 11.9 Å². The molecular weight excluding hydrogens is 400 g/mol. The van der Waals surface area contributed by atoms with Crippen LogP contribution in [0.2, 0.25) is 0 Å². The molecule has 0 spiro atoms. The summed E-state index contributed by atoms with van der Waals surface area (Å²) in [6.07, 6.45) is 1.45. The van der Waals surface area contributed by atoms with Gasteiger partial charge in [0, 0.05) is 0 Å². The zero-order valence-electron chi connectivity index (χ0n) is 16.3. The molecule has 1 fully saturated rings. The van der Waals surface area contributed by atoms with Crippen molar-refractivity contribution in [3.63, 3.8) is 0 Å². The van der Waals surface area contributed by atoms with Crippen LogP contribution in [0, 0.1) is 0 Å². The molecule has 0 radical (unpaired) electrons. The Morgan fingerprint density at radius 1 is 0.968 bits per heavy atom. The smallest absolute Gasteiger partial charge is 0.319 e. The average molecular weight is 416 g/mol. The SMILES string of the molecule is C[C@]1(c2cccc(-n3cnnn3)c2)NC(=O)N(Cc2nnnn2-c2ccccc2)C1=O. The highest BCUT2D eigenvalue weighted by Crippen LogP contribution is 2.30. The Kier molecular flexibility index (Phi) is 4.24. The molecule has 0 bridgehead atoms. The third-order valence-corrected chi connectivity index (χ3v) is 5.15. The van der Waals surface area contributed by atoms with Crippen molar-refractivity contribution in [3.8, 4) is 11.4 Å². The van der Waals surface area contributed by atoms with Gasteiger partial charge < -0.3 is 5.32 Å². The number of amides is 3. The number of nitrogens with one attached hydrogen (secondary N) is 1. The van der Waals surface area contributed by atoms with Crippen molar-refractivity contribution in [1.29, 1.82) is 0 Å². The van der Waals surface area contributed by atoms with Crippen LogP contribution in [0.5, 0.6) is 0 Å². The van der Waals surface area contributed by atoms with Crippen molar-refractivity contribution in [2.45, 2.75) is 19.0 Å². The Morgan fingerprint density at radius 3 is 2.55 bits per heavy atom. The van der Waals surface area contributed by atoms with Crippen molar-refractivity contribution < 1.29 is 9.59 Å². The molecule has 154 valence electrons. The van der Waals surface area contributed by atoms with Crippen LogP contribution >= 0.6 is 0 Å². The maximum Gasteiger partial charge on any atom is 0.325 e. The summed E-state index contributed by atoms with van der Waals surface area (Å²) < 4.78 is 2.97. The second kappa shape index (κ2) is 7.09. The zero-order chi connectivity index (χ0) is 21.4. The number of hydrogen-bond donors (Lipinski definition) is 1. The van der Waals surface area contributed by atoms with Gasteiger partial charge in [-0.2, -0.15) is 4.68 Å². The molecule has 1 atom stereocenters. The highest BCUT2D eigenvalue weighted by molar-refractivity contribution is 6.07. The lowest BCUT2D eigenvalue weighted by atomic mass is 9.91. The molecular formula is C19H16N10O2. The van der Waals surface area contributed by atoms with Crippen LogP contribution in [-0.4, -0.2) is 57.3 Å². The molecule has 3 heterocycles. The number of carbonyl (C=O) groups excluding carboxylic acids is 2. The number of benzene rings is 2. The Balaban J connectivity index is 1.45. The lowest BCUT2D eigenvalue weighted by Crippen LogP contribution is -2.41. The number of carbonyl (C=O) groups is 2. The van der Waals surface area contributed by atoms with Gasteiger partial charge in [-0.05, 0) is 57.6 Å². The summed E-state index contributed by atoms with van der Waals surface area (Å²) in [4.78, 5) is 27.2. The van der Waals surface area contributed by atoms with E-state index in [0.29, 0.717) is 17.1 Å². The molecule has 31 heavy (non-hydrogen) atoms. The van der Waals surface area contributed by atoms with Crippen LogP contribution in [-0.2, 0) is 16.9 Å². The first kappa shape index (κ1) is 18.5. The number of hydrogen-bond acceptors (Lipinski definition) is 8. The van der Waals surface area contributed by atoms with Gasteiger partial charge >= 0.3 is 6.03 Å². The van der Waals surface area contributed by atoms with Crippen LogP contribution in [0.3, 0.4) is 0 Å². The quantitative estimate of drug-likeness (QED) is 0.467. The summed E-state index contributed by atoms with van der Waals surface area (Å²) >= 11 is 0. The van der Waals surface area contributed by atoms with E-state index in [4.69, 9.17) is 0 Å². The van der Waals surface area contributed by atoms with Crippen molar-refractivity contribution in [2.24, 2.45) is 0 Å². The van der Waals surface area contributed by atoms with Gasteiger partial charge in [0.2, 0.25) is 0 Å². The fraction of sp³-hybridized carbons (Fsp3) is 0.158. The lowest BCUT2D eigenvalue weighted by molar-refractivity contribution is -0.131. The van der Waals surface area contributed by atoms with E-state index in [1.54, 1.807) is 31.2 Å². The van der Waals surface area contributed by atoms with Gasteiger partial charge in [0.1, 0.15) is 11.9 Å². The number of rotatable bonds is 5. The van der Waals surface area contributed by atoms with E-state index >= 15 is 0 Å². The molecule has 2 aromatic carbocycles. The van der Waals surface area contributed by atoms with Crippen LogP contribution < -0.4 is 5.32 Å². The minimum atomic E-state index is -1.26. The Bertz CT molecular complexity index is 1250. The topological polar surface area (TPSA) is 137 Å². The average Bonchev–Trinajstić information content (AvgIpc) is 3.53. The van der Waals surface area contributed by atoms with Gasteiger partial charge in [-0.25, -0.2) is 9.48 Å². The maximum absolute atomic E-state index is 13.3. The first-order chi connectivity index (χ1) is 15.1. The van der Waals surface area contributed by atoms with Gasteiger partial charge in [-0.1, -0.05) is 30.3 Å². The van der Waals surface area contributed by atoms with Gasteiger partial charge in [0.15, 0.2) is 5.82 Å². The van der Waals surface area contributed by atoms with Crippen LogP contribution in [0.15, 0.2) is 60.9 Å². The molecule has 0 unspecified atom stereocenters. The molecule has 1 saturated heterocycles. The number of para-hydroxylation sites is 1. The highest BCUT2D eigenvalue weighted by atomic mass is 16.2.